The number of likely N-dealkylation sites (tertiary alicyclic amines) is 1. The molecule has 3 aliphatic heterocycles. The molecule has 0 radical (unpaired) electrons. The van der Waals surface area contributed by atoms with Gasteiger partial charge in [-0.15, -0.1) is 0 Å². The summed E-state index contributed by atoms with van der Waals surface area (Å²) in [6.07, 6.45) is 0.605. The molecule has 166 valence electrons. The van der Waals surface area contributed by atoms with Crippen molar-refractivity contribution in [2.24, 2.45) is 0 Å². The Morgan fingerprint density at radius 3 is 2.67 bits per heavy atom. The van der Waals surface area contributed by atoms with Crippen molar-refractivity contribution < 1.29 is 14.4 Å². The van der Waals surface area contributed by atoms with Crippen molar-refractivity contribution in [3.63, 3.8) is 0 Å². The van der Waals surface area contributed by atoms with Crippen LogP contribution in [0.4, 0.5) is 21.0 Å². The zero-order valence-corrected chi connectivity index (χ0v) is 18.6. The maximum Gasteiger partial charge on any atom is 0.332 e. The maximum atomic E-state index is 13.5. The fraction of sp³-hybridized carbons (Fsp3) is 0.240. The minimum Gasteiger partial charge on any atom is -0.317 e. The minimum atomic E-state index is -0.665. The van der Waals surface area contributed by atoms with E-state index in [1.165, 1.54) is 4.90 Å². The number of carbonyl (C=O) groups is 3. The lowest BCUT2D eigenvalue weighted by molar-refractivity contribution is -0.120. The van der Waals surface area contributed by atoms with Crippen LogP contribution in [0.5, 0.6) is 0 Å². The van der Waals surface area contributed by atoms with Gasteiger partial charge in [-0.25, -0.2) is 14.5 Å². The van der Waals surface area contributed by atoms with Gasteiger partial charge >= 0.3 is 12.1 Å². The number of urea groups is 2. The highest BCUT2D eigenvalue weighted by Crippen LogP contribution is 2.43. The lowest BCUT2D eigenvalue weighted by atomic mass is 10.1. The molecule has 7 nitrogen and oxygen atoms in total. The molecule has 3 aromatic carbocycles. The van der Waals surface area contributed by atoms with E-state index in [0.29, 0.717) is 29.4 Å². The molecule has 3 fully saturated rings. The number of carbonyl (C=O) groups excluding carboxylic acids is 3. The van der Waals surface area contributed by atoms with Gasteiger partial charge in [-0.2, -0.15) is 0 Å². The molecule has 0 saturated carbocycles. The Bertz CT molecular complexity index is 1320. The highest BCUT2D eigenvalue weighted by Gasteiger charge is 2.63. The van der Waals surface area contributed by atoms with Crippen LogP contribution in [0.3, 0.4) is 0 Å². The zero-order valence-electron chi connectivity index (χ0n) is 17.9. The van der Waals surface area contributed by atoms with Gasteiger partial charge in [-0.1, -0.05) is 48.0 Å². The number of amides is 5. The summed E-state index contributed by atoms with van der Waals surface area (Å²) in [4.78, 5) is 44.6. The van der Waals surface area contributed by atoms with Crippen molar-refractivity contribution in [3.8, 4) is 0 Å². The Morgan fingerprint density at radius 2 is 1.85 bits per heavy atom. The fourth-order valence-electron chi connectivity index (χ4n) is 5.52. The average molecular weight is 461 g/mol. The summed E-state index contributed by atoms with van der Waals surface area (Å²) in [7, 11) is 0. The van der Waals surface area contributed by atoms with Crippen LogP contribution in [0.2, 0.25) is 5.02 Å². The van der Waals surface area contributed by atoms with Crippen molar-refractivity contribution >= 4 is 51.7 Å². The predicted molar refractivity (Wildman–Crippen MR) is 127 cm³/mol. The first-order valence-corrected chi connectivity index (χ1v) is 11.3. The zero-order chi connectivity index (χ0) is 22.9. The lowest BCUT2D eigenvalue weighted by Gasteiger charge is -2.34. The molecule has 2 bridgehead atoms. The Kier molecular flexibility index (Phi) is 4.39. The third-order valence-corrected chi connectivity index (χ3v) is 7.04. The van der Waals surface area contributed by atoms with E-state index < -0.39 is 6.04 Å². The summed E-state index contributed by atoms with van der Waals surface area (Å²) in [5.41, 5.74) is 2.13. The first kappa shape index (κ1) is 20.1. The molecule has 0 spiro atoms. The highest BCUT2D eigenvalue weighted by atomic mass is 35.5. The first-order valence-electron chi connectivity index (χ1n) is 10.9. The van der Waals surface area contributed by atoms with E-state index in [0.717, 1.165) is 16.3 Å². The number of hydrogen-bond donors (Lipinski definition) is 1. The minimum absolute atomic E-state index is 0.178. The molecule has 5 amide bonds. The van der Waals surface area contributed by atoms with E-state index in [1.807, 2.05) is 55.5 Å². The summed E-state index contributed by atoms with van der Waals surface area (Å²) in [6.45, 7) is 2.30. The normalized spacial score (nSPS) is 23.6. The molecule has 1 unspecified atom stereocenters. The van der Waals surface area contributed by atoms with E-state index in [9.17, 15) is 14.4 Å². The third kappa shape index (κ3) is 2.99. The van der Waals surface area contributed by atoms with Crippen LogP contribution >= 0.6 is 11.6 Å². The van der Waals surface area contributed by atoms with Crippen molar-refractivity contribution in [2.75, 3.05) is 16.8 Å². The average Bonchev–Trinajstić information content (AvgIpc) is 3.44. The molecule has 0 aliphatic carbocycles. The van der Waals surface area contributed by atoms with E-state index >= 15 is 0 Å². The van der Waals surface area contributed by atoms with Gasteiger partial charge < -0.3 is 15.1 Å². The standard InChI is InChI=1S/C25H21ClN4O3/c1-14-9-16(26)11-17(10-14)27-24(32)28-13-18-12-21(28)22-23(31)30(25(33)29(18)22)20-8-4-6-15-5-2-3-7-19(15)20/h2-11,18,21-22H,12-13H2,1H3,(H,27,32)/t18-,21?,22+/m1/s1. The maximum absolute atomic E-state index is 13.5. The smallest absolute Gasteiger partial charge is 0.317 e. The van der Waals surface area contributed by atoms with Gasteiger partial charge in [-0.3, -0.25) is 4.79 Å². The van der Waals surface area contributed by atoms with E-state index in [-0.39, 0.29) is 30.1 Å². The molecular formula is C25H21ClN4O3. The topological polar surface area (TPSA) is 73.0 Å². The second kappa shape index (κ2) is 7.22. The summed E-state index contributed by atoms with van der Waals surface area (Å²) >= 11 is 6.12. The summed E-state index contributed by atoms with van der Waals surface area (Å²) in [5, 5.41) is 5.25. The second-order valence-corrected chi connectivity index (χ2v) is 9.30. The summed E-state index contributed by atoms with van der Waals surface area (Å²) in [5.74, 6) is -0.278. The number of fused-ring (bicyclic) bond motifs is 6. The number of halogens is 1. The van der Waals surface area contributed by atoms with E-state index in [4.69, 9.17) is 11.6 Å². The Morgan fingerprint density at radius 1 is 1.06 bits per heavy atom. The number of aryl methyl sites for hydroxylation is 1. The molecule has 33 heavy (non-hydrogen) atoms. The molecule has 8 heteroatoms. The van der Waals surface area contributed by atoms with Crippen molar-refractivity contribution in [1.82, 2.24) is 9.80 Å². The number of hydrogen-bond acceptors (Lipinski definition) is 3. The molecule has 3 heterocycles. The quantitative estimate of drug-likeness (QED) is 0.567. The van der Waals surface area contributed by atoms with Gasteiger partial charge in [0.25, 0.3) is 5.91 Å². The SMILES string of the molecule is Cc1cc(Cl)cc(NC(=O)N2C[C@H]3CC2[C@H]2C(=O)N(c4cccc5ccccc45)C(=O)N32)c1. The number of anilines is 2. The molecular weight excluding hydrogens is 440 g/mol. The molecule has 3 aromatic rings. The largest absolute Gasteiger partial charge is 0.332 e. The van der Waals surface area contributed by atoms with Crippen molar-refractivity contribution in [3.05, 3.63) is 71.2 Å². The van der Waals surface area contributed by atoms with E-state index in [2.05, 4.69) is 5.32 Å². The Hall–Kier alpha value is -3.58. The van der Waals surface area contributed by atoms with Gasteiger partial charge in [0, 0.05) is 22.6 Å². The van der Waals surface area contributed by atoms with Crippen LogP contribution in [0.1, 0.15) is 12.0 Å². The molecule has 0 aromatic heterocycles. The number of imide groups is 1. The predicted octanol–water partition coefficient (Wildman–Crippen LogP) is 4.63. The molecule has 3 aliphatic rings. The summed E-state index contributed by atoms with van der Waals surface area (Å²) < 4.78 is 0. The van der Waals surface area contributed by atoms with Gasteiger partial charge in [0.1, 0.15) is 6.04 Å². The van der Waals surface area contributed by atoms with Crippen LogP contribution in [0.25, 0.3) is 10.8 Å². The first-order chi connectivity index (χ1) is 15.9. The monoisotopic (exact) mass is 460 g/mol. The number of benzene rings is 3. The van der Waals surface area contributed by atoms with Crippen LogP contribution in [-0.4, -0.2) is 52.4 Å². The van der Waals surface area contributed by atoms with Gasteiger partial charge in [0.15, 0.2) is 0 Å². The van der Waals surface area contributed by atoms with Gasteiger partial charge in [0.2, 0.25) is 0 Å². The van der Waals surface area contributed by atoms with E-state index in [1.54, 1.807) is 21.9 Å². The molecule has 6 rings (SSSR count). The number of nitrogens with zero attached hydrogens (tertiary/aromatic N) is 3. The van der Waals surface area contributed by atoms with Crippen LogP contribution in [-0.2, 0) is 4.79 Å². The molecule has 1 N–H and O–H groups in total. The number of nitrogens with one attached hydrogen (secondary N) is 1. The van der Waals surface area contributed by atoms with Crippen LogP contribution in [0, 0.1) is 6.92 Å². The number of piperazine rings is 1. The molecule has 3 saturated heterocycles. The van der Waals surface area contributed by atoms with Crippen LogP contribution < -0.4 is 10.2 Å². The Balaban J connectivity index is 1.29. The fourth-order valence-corrected chi connectivity index (χ4v) is 5.81. The Labute approximate surface area is 195 Å². The highest BCUT2D eigenvalue weighted by molar-refractivity contribution is 6.31. The van der Waals surface area contributed by atoms with Gasteiger partial charge in [-0.05, 0) is 48.6 Å². The number of rotatable bonds is 2. The van der Waals surface area contributed by atoms with Crippen molar-refractivity contribution in [1.29, 1.82) is 0 Å². The molecule has 3 atom stereocenters. The van der Waals surface area contributed by atoms with Crippen LogP contribution in [0.15, 0.2) is 60.7 Å². The van der Waals surface area contributed by atoms with Crippen molar-refractivity contribution in [2.45, 2.75) is 31.5 Å². The van der Waals surface area contributed by atoms with Gasteiger partial charge in [0.05, 0.1) is 17.8 Å². The summed E-state index contributed by atoms with van der Waals surface area (Å²) in [6, 6.07) is 16.9. The lowest BCUT2D eigenvalue weighted by Crippen LogP contribution is -2.55. The second-order valence-electron chi connectivity index (χ2n) is 8.86. The third-order valence-electron chi connectivity index (χ3n) is 6.83.